The minimum absolute atomic E-state index is 0.133. The van der Waals surface area contributed by atoms with Crippen molar-refractivity contribution in [1.82, 2.24) is 39.2 Å². The number of hydrogen-bond acceptors (Lipinski definition) is 9. The van der Waals surface area contributed by atoms with Crippen LogP contribution in [0.15, 0.2) is 46.2 Å². The maximum Gasteiger partial charge on any atom is 0.279 e. The first-order valence-corrected chi connectivity index (χ1v) is 15.1. The second-order valence-corrected chi connectivity index (χ2v) is 11.6. The number of ether oxygens (including phenoxy) is 1. The Morgan fingerprint density at radius 3 is 2.52 bits per heavy atom. The van der Waals surface area contributed by atoms with Gasteiger partial charge in [-0.1, -0.05) is 20.8 Å². The molecule has 40 heavy (non-hydrogen) atoms. The van der Waals surface area contributed by atoms with E-state index in [0.717, 1.165) is 18.7 Å². The van der Waals surface area contributed by atoms with Crippen molar-refractivity contribution in [2.75, 3.05) is 39.3 Å². The van der Waals surface area contributed by atoms with Crippen molar-refractivity contribution in [3.05, 3.63) is 58.3 Å². The molecule has 3 aromatic heterocycles. The largest absolute Gasteiger partial charge is 0.493 e. The van der Waals surface area contributed by atoms with E-state index in [-0.39, 0.29) is 16.2 Å². The van der Waals surface area contributed by atoms with E-state index in [2.05, 4.69) is 32.1 Å². The van der Waals surface area contributed by atoms with Gasteiger partial charge in [-0.3, -0.25) is 9.48 Å². The van der Waals surface area contributed by atoms with Gasteiger partial charge in [-0.05, 0) is 49.7 Å². The Kier molecular flexibility index (Phi) is 8.24. The molecule has 1 aliphatic rings. The highest BCUT2D eigenvalue weighted by Gasteiger charge is 2.29. The highest BCUT2D eigenvalue weighted by Crippen LogP contribution is 2.32. The number of likely N-dealkylation sites (N-methyl/N-ethyl adjacent to an activating group) is 1. The van der Waals surface area contributed by atoms with Crippen molar-refractivity contribution in [2.45, 2.75) is 45.1 Å². The van der Waals surface area contributed by atoms with Crippen molar-refractivity contribution >= 4 is 21.1 Å². The Labute approximate surface area is 233 Å². The summed E-state index contributed by atoms with van der Waals surface area (Å²) in [6.07, 6.45) is 2.93. The summed E-state index contributed by atoms with van der Waals surface area (Å²) in [6.45, 7) is 9.89. The lowest BCUT2D eigenvalue weighted by Gasteiger charge is -2.33. The van der Waals surface area contributed by atoms with Gasteiger partial charge in [-0.15, -0.1) is 0 Å². The predicted octanol–water partition coefficient (Wildman–Crippen LogP) is 2.30. The van der Waals surface area contributed by atoms with Crippen LogP contribution in [0.25, 0.3) is 22.4 Å². The second kappa shape index (κ2) is 11.8. The minimum atomic E-state index is -3.76. The van der Waals surface area contributed by atoms with Crippen LogP contribution in [0.4, 0.5) is 0 Å². The number of piperazine rings is 1. The Hall–Kier alpha value is -3.68. The van der Waals surface area contributed by atoms with Gasteiger partial charge in [-0.25, -0.2) is 13.4 Å². The maximum atomic E-state index is 13.6. The monoisotopic (exact) mass is 566 g/mol. The van der Waals surface area contributed by atoms with Crippen molar-refractivity contribution in [3.8, 4) is 17.1 Å². The molecule has 0 radical (unpaired) electrons. The van der Waals surface area contributed by atoms with Crippen LogP contribution < -0.4 is 10.3 Å². The molecule has 5 rings (SSSR count). The molecule has 0 amide bonds. The van der Waals surface area contributed by atoms with Crippen LogP contribution in [0.2, 0.25) is 0 Å². The van der Waals surface area contributed by atoms with E-state index >= 15 is 0 Å². The molecular formula is C27H34N8O4S. The third kappa shape index (κ3) is 5.49. The molecule has 1 N–H and O–H groups in total. The van der Waals surface area contributed by atoms with Crippen molar-refractivity contribution in [1.29, 1.82) is 0 Å². The Morgan fingerprint density at radius 2 is 1.85 bits per heavy atom. The number of aromatic nitrogens is 6. The lowest BCUT2D eigenvalue weighted by Crippen LogP contribution is -2.48. The number of H-pyrrole nitrogens is 1. The molecule has 0 unspecified atom stereocenters. The highest BCUT2D eigenvalue weighted by atomic mass is 32.2. The van der Waals surface area contributed by atoms with Gasteiger partial charge in [-0.2, -0.15) is 19.6 Å². The van der Waals surface area contributed by atoms with Crippen LogP contribution in [0, 0.1) is 0 Å². The summed E-state index contributed by atoms with van der Waals surface area (Å²) in [4.78, 5) is 23.2. The van der Waals surface area contributed by atoms with Crippen LogP contribution >= 0.6 is 0 Å². The number of aryl methyl sites for hydroxylation is 1. The van der Waals surface area contributed by atoms with E-state index in [9.17, 15) is 13.2 Å². The molecule has 0 bridgehead atoms. The molecule has 1 aliphatic heterocycles. The number of hydrogen-bond donors (Lipinski definition) is 1. The number of fused-ring (bicyclic) bond motifs is 1. The summed E-state index contributed by atoms with van der Waals surface area (Å²) in [5.41, 5.74) is 2.12. The van der Waals surface area contributed by atoms with E-state index < -0.39 is 15.6 Å². The molecular weight excluding hydrogens is 532 g/mol. The molecule has 13 heteroatoms. The number of aromatic amines is 1. The second-order valence-electron chi connectivity index (χ2n) is 9.63. The zero-order valence-electron chi connectivity index (χ0n) is 23.0. The van der Waals surface area contributed by atoms with Gasteiger partial charge in [0.25, 0.3) is 5.56 Å². The summed E-state index contributed by atoms with van der Waals surface area (Å²) in [6, 6.07) is 8.38. The molecule has 4 heterocycles. The van der Waals surface area contributed by atoms with Crippen molar-refractivity contribution in [2.24, 2.45) is 0 Å². The number of rotatable bonds is 10. The molecule has 0 saturated carbocycles. The normalized spacial score (nSPS) is 15.1. The number of benzene rings is 1. The summed E-state index contributed by atoms with van der Waals surface area (Å²) < 4.78 is 36.4. The van der Waals surface area contributed by atoms with Crippen LogP contribution in [-0.4, -0.2) is 86.9 Å². The van der Waals surface area contributed by atoms with Crippen molar-refractivity contribution in [3.63, 3.8) is 0 Å². The van der Waals surface area contributed by atoms with Gasteiger partial charge < -0.3 is 14.6 Å². The Morgan fingerprint density at radius 1 is 1.05 bits per heavy atom. The molecule has 1 saturated heterocycles. The summed E-state index contributed by atoms with van der Waals surface area (Å²) >= 11 is 0. The molecule has 1 fully saturated rings. The van der Waals surface area contributed by atoms with Crippen LogP contribution in [-0.2, 0) is 23.0 Å². The predicted molar refractivity (Wildman–Crippen MR) is 151 cm³/mol. The topological polar surface area (TPSA) is 139 Å². The van der Waals surface area contributed by atoms with E-state index in [0.29, 0.717) is 68.3 Å². The molecule has 1 aromatic carbocycles. The van der Waals surface area contributed by atoms with E-state index in [1.807, 2.05) is 19.9 Å². The molecule has 12 nitrogen and oxygen atoms in total. The van der Waals surface area contributed by atoms with Crippen LogP contribution in [0.1, 0.15) is 38.6 Å². The Balaban J connectivity index is 1.59. The van der Waals surface area contributed by atoms with E-state index in [4.69, 9.17) is 9.72 Å². The molecule has 0 aliphatic carbocycles. The van der Waals surface area contributed by atoms with Gasteiger partial charge in [0.2, 0.25) is 10.0 Å². The first-order valence-electron chi connectivity index (χ1n) is 13.6. The standard InChI is InChI=1S/C27H34N8O4S/c1-4-16-39-23-10-9-20(40(37,38)34-14-12-33(6-3)13-15-34)17-21(23)26-29-24-22(5-2)35(32-25(24)27(36)30-26)18-19-8-7-11-28-31-19/h7-11,17H,4-6,12-16,18H2,1-3H3,(H,29,30,36). The Bertz CT molecular complexity index is 1640. The van der Waals surface area contributed by atoms with Gasteiger partial charge in [0.1, 0.15) is 17.1 Å². The molecule has 4 aromatic rings. The van der Waals surface area contributed by atoms with Crippen LogP contribution in [0.3, 0.4) is 0 Å². The number of nitrogens with one attached hydrogen (secondary N) is 1. The zero-order valence-corrected chi connectivity index (χ0v) is 23.8. The minimum Gasteiger partial charge on any atom is -0.493 e. The fraction of sp³-hybridized carbons (Fsp3) is 0.444. The SMILES string of the molecule is CCCOc1ccc(S(=O)(=O)N2CCN(CC)CC2)cc1-c1nc2c(CC)n(Cc3cccnn3)nc2c(=O)[nH]1. The summed E-state index contributed by atoms with van der Waals surface area (Å²) in [7, 11) is -3.76. The summed E-state index contributed by atoms with van der Waals surface area (Å²) in [5.74, 6) is 0.675. The average Bonchev–Trinajstić information content (AvgIpc) is 3.33. The molecule has 0 spiro atoms. The molecule has 212 valence electrons. The van der Waals surface area contributed by atoms with E-state index in [1.165, 1.54) is 4.31 Å². The van der Waals surface area contributed by atoms with Gasteiger partial charge >= 0.3 is 0 Å². The van der Waals surface area contributed by atoms with Gasteiger partial charge in [0, 0.05) is 32.4 Å². The van der Waals surface area contributed by atoms with Gasteiger partial charge in [0.05, 0.1) is 35.0 Å². The number of nitrogens with zero attached hydrogens (tertiary/aromatic N) is 7. The van der Waals surface area contributed by atoms with Crippen molar-refractivity contribution < 1.29 is 13.2 Å². The van der Waals surface area contributed by atoms with Crippen LogP contribution in [0.5, 0.6) is 5.75 Å². The average molecular weight is 567 g/mol. The molecule has 0 atom stereocenters. The summed E-state index contributed by atoms with van der Waals surface area (Å²) in [5, 5.41) is 12.6. The first kappa shape index (κ1) is 27.9. The first-order chi connectivity index (χ1) is 19.3. The lowest BCUT2D eigenvalue weighted by molar-refractivity contribution is 0.196. The maximum absolute atomic E-state index is 13.6. The fourth-order valence-corrected chi connectivity index (χ4v) is 6.32. The third-order valence-electron chi connectivity index (χ3n) is 7.06. The smallest absolute Gasteiger partial charge is 0.279 e. The number of sulfonamides is 1. The fourth-order valence-electron chi connectivity index (χ4n) is 4.87. The highest BCUT2D eigenvalue weighted by molar-refractivity contribution is 7.89. The third-order valence-corrected chi connectivity index (χ3v) is 8.95. The lowest BCUT2D eigenvalue weighted by atomic mass is 10.1. The zero-order chi connectivity index (χ0) is 28.3. The quantitative estimate of drug-likeness (QED) is 0.306. The van der Waals surface area contributed by atoms with E-state index in [1.54, 1.807) is 35.1 Å². The van der Waals surface area contributed by atoms with Gasteiger partial charge in [0.15, 0.2) is 5.52 Å².